The molecule has 8 nitrogen and oxygen atoms in total. The summed E-state index contributed by atoms with van der Waals surface area (Å²) in [5.41, 5.74) is 0.897. The summed E-state index contributed by atoms with van der Waals surface area (Å²) in [6.45, 7) is 1.79. The first-order valence-electron chi connectivity index (χ1n) is 11.1. The molecule has 0 saturated carbocycles. The zero-order valence-corrected chi connectivity index (χ0v) is 20.7. The largest absolute Gasteiger partial charge is 0.480 e. The Labute approximate surface area is 211 Å². The van der Waals surface area contributed by atoms with E-state index < -0.39 is 35.1 Å². The van der Waals surface area contributed by atoms with E-state index in [0.29, 0.717) is 30.5 Å². The number of benzene rings is 2. The van der Waals surface area contributed by atoms with Crippen LogP contribution in [-0.2, 0) is 14.4 Å². The van der Waals surface area contributed by atoms with Gasteiger partial charge in [-0.25, -0.2) is 4.79 Å². The molecule has 10 heteroatoms. The fourth-order valence-electron chi connectivity index (χ4n) is 3.65. The van der Waals surface area contributed by atoms with Crippen molar-refractivity contribution in [2.24, 2.45) is 0 Å². The van der Waals surface area contributed by atoms with Crippen molar-refractivity contribution < 1.29 is 29.1 Å². The van der Waals surface area contributed by atoms with E-state index in [2.05, 4.69) is 5.32 Å². The Balaban J connectivity index is 1.69. The van der Waals surface area contributed by atoms with E-state index in [1.165, 1.54) is 11.8 Å². The molecule has 3 rings (SSSR count). The number of carbonyl (C=O) groups is 5. The number of aliphatic carboxylic acids is 1. The van der Waals surface area contributed by atoms with Gasteiger partial charge in [0, 0.05) is 23.4 Å². The molecule has 1 heterocycles. The van der Waals surface area contributed by atoms with Crippen LogP contribution < -0.4 is 5.32 Å². The number of rotatable bonds is 9. The van der Waals surface area contributed by atoms with Gasteiger partial charge in [-0.2, -0.15) is 0 Å². The molecule has 2 amide bonds. The minimum atomic E-state index is -1.08. The predicted molar refractivity (Wildman–Crippen MR) is 135 cm³/mol. The highest BCUT2D eigenvalue weighted by molar-refractivity contribution is 8.18. The summed E-state index contributed by atoms with van der Waals surface area (Å²) in [4.78, 5) is 64.0. The molecule has 3 atom stereocenters. The van der Waals surface area contributed by atoms with Crippen LogP contribution in [0.1, 0.15) is 40.5 Å². The van der Waals surface area contributed by atoms with Crippen LogP contribution in [0.5, 0.6) is 0 Å². The Kier molecular flexibility index (Phi) is 9.50. The summed E-state index contributed by atoms with van der Waals surface area (Å²) in [5.74, 6) is -2.12. The maximum absolute atomic E-state index is 13.1. The molecular formula is C25H26N2O6S2. The molecule has 2 aromatic rings. The smallest absolute Gasteiger partial charge is 0.326 e. The molecule has 1 fully saturated rings. The summed E-state index contributed by atoms with van der Waals surface area (Å²) in [6, 6.07) is 15.2. The van der Waals surface area contributed by atoms with Gasteiger partial charge < -0.3 is 15.3 Å². The number of carbonyl (C=O) groups excluding carboxylic acids is 4. The van der Waals surface area contributed by atoms with Gasteiger partial charge in [0.2, 0.25) is 22.0 Å². The fourth-order valence-corrected chi connectivity index (χ4v) is 5.59. The van der Waals surface area contributed by atoms with Crippen molar-refractivity contribution >= 4 is 51.5 Å². The summed E-state index contributed by atoms with van der Waals surface area (Å²) in [6.07, 6.45) is 0.940. The van der Waals surface area contributed by atoms with Gasteiger partial charge >= 0.3 is 5.97 Å². The number of nitrogens with one attached hydrogen (secondary N) is 1. The number of nitrogens with zero attached hydrogens (tertiary/aromatic N) is 1. The number of carboxylic acids is 1. The van der Waals surface area contributed by atoms with Crippen LogP contribution in [0.4, 0.5) is 0 Å². The average molecular weight is 515 g/mol. The van der Waals surface area contributed by atoms with Crippen molar-refractivity contribution in [2.45, 2.75) is 37.1 Å². The lowest BCUT2D eigenvalue weighted by molar-refractivity contribution is -0.149. The minimum absolute atomic E-state index is 0.0190. The lowest BCUT2D eigenvalue weighted by atomic mass is 10.2. The molecule has 0 radical (unpaired) electrons. The van der Waals surface area contributed by atoms with Crippen LogP contribution in [0.15, 0.2) is 60.7 Å². The van der Waals surface area contributed by atoms with E-state index in [9.17, 15) is 29.1 Å². The molecule has 35 heavy (non-hydrogen) atoms. The third-order valence-corrected chi connectivity index (χ3v) is 7.80. The number of hydrogen-bond acceptors (Lipinski definition) is 7. The van der Waals surface area contributed by atoms with Crippen LogP contribution in [0.25, 0.3) is 0 Å². The zero-order chi connectivity index (χ0) is 25.4. The van der Waals surface area contributed by atoms with Gasteiger partial charge in [-0.3, -0.25) is 19.2 Å². The summed E-state index contributed by atoms with van der Waals surface area (Å²) in [5, 5.41) is 10.5. The fraction of sp³-hybridized carbons (Fsp3) is 0.320. The van der Waals surface area contributed by atoms with Gasteiger partial charge in [-0.15, -0.1) is 0 Å². The maximum atomic E-state index is 13.1. The zero-order valence-electron chi connectivity index (χ0n) is 19.1. The summed E-state index contributed by atoms with van der Waals surface area (Å²) < 4.78 is 0. The SMILES string of the molecule is CC(NC(=O)[C@H](CSC(=O)c1ccccc1)SC(=O)c1ccccc1)C(=O)N1CCCC1C(=O)O. The number of amides is 2. The van der Waals surface area contributed by atoms with Crippen molar-refractivity contribution in [3.05, 3.63) is 71.8 Å². The van der Waals surface area contributed by atoms with E-state index in [4.69, 9.17) is 0 Å². The lowest BCUT2D eigenvalue weighted by Crippen LogP contribution is -2.52. The minimum Gasteiger partial charge on any atom is -0.480 e. The number of carboxylic acid groups (broad SMARTS) is 1. The van der Waals surface area contributed by atoms with Crippen molar-refractivity contribution in [3.8, 4) is 0 Å². The van der Waals surface area contributed by atoms with Crippen molar-refractivity contribution in [1.82, 2.24) is 10.2 Å². The number of hydrogen-bond donors (Lipinski definition) is 2. The van der Waals surface area contributed by atoms with Gasteiger partial charge in [-0.1, -0.05) is 84.2 Å². The van der Waals surface area contributed by atoms with Gasteiger partial charge in [0.15, 0.2) is 0 Å². The van der Waals surface area contributed by atoms with E-state index in [-0.39, 0.29) is 16.0 Å². The second-order valence-electron chi connectivity index (χ2n) is 7.98. The molecule has 2 unspecified atom stereocenters. The van der Waals surface area contributed by atoms with Crippen molar-refractivity contribution in [2.75, 3.05) is 12.3 Å². The standard InChI is InChI=1S/C25H26N2O6S2/c1-16(22(29)27-14-8-13-19(27)23(30)31)26-21(28)20(35-25(33)18-11-6-3-7-12-18)15-34-24(32)17-9-4-2-5-10-17/h2-7,9-12,16,19-20H,8,13-15H2,1H3,(H,26,28)(H,30,31)/t16?,19?,20-/m0/s1. The molecule has 184 valence electrons. The second kappa shape index (κ2) is 12.6. The first-order chi connectivity index (χ1) is 16.8. The third kappa shape index (κ3) is 7.19. The Morgan fingerprint density at radius 2 is 1.54 bits per heavy atom. The highest BCUT2D eigenvalue weighted by Crippen LogP contribution is 2.24. The summed E-state index contributed by atoms with van der Waals surface area (Å²) in [7, 11) is 0. The van der Waals surface area contributed by atoms with Gasteiger partial charge in [-0.05, 0) is 19.8 Å². The number of likely N-dealkylation sites (tertiary alicyclic amines) is 1. The van der Waals surface area contributed by atoms with Crippen LogP contribution in [-0.4, -0.2) is 67.7 Å². The molecule has 0 spiro atoms. The molecular weight excluding hydrogens is 488 g/mol. The normalized spacial score (nSPS) is 16.8. The Bertz CT molecular complexity index is 1080. The lowest BCUT2D eigenvalue weighted by Gasteiger charge is -2.26. The van der Waals surface area contributed by atoms with Crippen LogP contribution in [0.2, 0.25) is 0 Å². The quantitative estimate of drug-likeness (QED) is 0.524. The van der Waals surface area contributed by atoms with Crippen molar-refractivity contribution in [1.29, 1.82) is 0 Å². The highest BCUT2D eigenvalue weighted by Gasteiger charge is 2.37. The predicted octanol–water partition coefficient (Wildman–Crippen LogP) is 3.08. The Morgan fingerprint density at radius 1 is 0.971 bits per heavy atom. The van der Waals surface area contributed by atoms with E-state index in [0.717, 1.165) is 23.5 Å². The molecule has 0 aliphatic carbocycles. The Hall–Kier alpha value is -3.11. The number of thioether (sulfide) groups is 2. The van der Waals surface area contributed by atoms with Crippen LogP contribution >= 0.6 is 23.5 Å². The summed E-state index contributed by atoms with van der Waals surface area (Å²) >= 11 is 1.71. The second-order valence-corrected chi connectivity index (χ2v) is 10.2. The maximum Gasteiger partial charge on any atom is 0.326 e. The highest BCUT2D eigenvalue weighted by atomic mass is 32.2. The molecule has 1 aliphatic rings. The van der Waals surface area contributed by atoms with Gasteiger partial charge in [0.05, 0.1) is 0 Å². The first kappa shape index (κ1) is 26.5. The monoisotopic (exact) mass is 514 g/mol. The first-order valence-corrected chi connectivity index (χ1v) is 13.0. The van der Waals surface area contributed by atoms with Gasteiger partial charge in [0.25, 0.3) is 0 Å². The van der Waals surface area contributed by atoms with E-state index in [1.54, 1.807) is 60.7 Å². The average Bonchev–Trinajstić information content (AvgIpc) is 3.37. The van der Waals surface area contributed by atoms with Crippen LogP contribution in [0, 0.1) is 0 Å². The molecule has 2 N–H and O–H groups in total. The third-order valence-electron chi connectivity index (χ3n) is 5.48. The molecule has 1 aliphatic heterocycles. The molecule has 0 bridgehead atoms. The van der Waals surface area contributed by atoms with Crippen LogP contribution in [0.3, 0.4) is 0 Å². The van der Waals surface area contributed by atoms with E-state index >= 15 is 0 Å². The Morgan fingerprint density at radius 3 is 2.11 bits per heavy atom. The topological polar surface area (TPSA) is 121 Å². The van der Waals surface area contributed by atoms with Crippen molar-refractivity contribution in [3.63, 3.8) is 0 Å². The van der Waals surface area contributed by atoms with E-state index in [1.807, 2.05) is 0 Å². The molecule has 2 aromatic carbocycles. The molecule has 1 saturated heterocycles. The van der Waals surface area contributed by atoms with Gasteiger partial charge in [0.1, 0.15) is 17.3 Å². The molecule has 0 aromatic heterocycles.